The topological polar surface area (TPSA) is 83.3 Å². The van der Waals surface area contributed by atoms with Crippen LogP contribution in [0.1, 0.15) is 32.1 Å². The fourth-order valence-electron chi connectivity index (χ4n) is 2.49. The van der Waals surface area contributed by atoms with E-state index in [0.29, 0.717) is 29.6 Å². The third-order valence-corrected chi connectivity index (χ3v) is 4.78. The third-order valence-electron chi connectivity index (χ3n) is 3.88. The second-order valence-corrected chi connectivity index (χ2v) is 7.64. The number of rotatable bonds is 5. The molecule has 2 heterocycles. The van der Waals surface area contributed by atoms with E-state index in [-0.39, 0.29) is 6.03 Å². The summed E-state index contributed by atoms with van der Waals surface area (Å²) >= 11 is 1.54. The average molecular weight is 325 g/mol. The Balaban J connectivity index is 1.80. The Bertz CT molecular complexity index is 490. The van der Waals surface area contributed by atoms with Crippen LogP contribution in [-0.4, -0.2) is 41.6 Å². The number of hydrogen-bond acceptors (Lipinski definition) is 5. The molecular formula is C15H27N5OS. The van der Waals surface area contributed by atoms with Gasteiger partial charge in [0.15, 0.2) is 5.13 Å². The standard InChI is InChI=1S/C15H27N5OS/c1-10(2)6-17-14(21)19-15-18-7-12(22-15)9-20-5-4-13(16)11(3)8-20/h7,10-11,13H,4-6,8-9,16H2,1-3H3,(H2,17,18,19,21). The van der Waals surface area contributed by atoms with Gasteiger partial charge in [-0.3, -0.25) is 10.2 Å². The van der Waals surface area contributed by atoms with Gasteiger partial charge >= 0.3 is 6.03 Å². The van der Waals surface area contributed by atoms with Crippen LogP contribution >= 0.6 is 11.3 Å². The second-order valence-electron chi connectivity index (χ2n) is 6.53. The van der Waals surface area contributed by atoms with E-state index in [9.17, 15) is 4.79 Å². The fraction of sp³-hybridized carbons (Fsp3) is 0.733. The number of likely N-dealkylation sites (tertiary alicyclic amines) is 1. The summed E-state index contributed by atoms with van der Waals surface area (Å²) in [5.74, 6) is 0.964. The molecule has 7 heteroatoms. The first kappa shape index (κ1) is 17.2. The van der Waals surface area contributed by atoms with Crippen molar-refractivity contribution in [3.05, 3.63) is 11.1 Å². The molecule has 6 nitrogen and oxygen atoms in total. The van der Waals surface area contributed by atoms with E-state index in [2.05, 4.69) is 41.3 Å². The van der Waals surface area contributed by atoms with Crippen LogP contribution in [0.2, 0.25) is 0 Å². The Labute approximate surface area is 136 Å². The molecule has 4 N–H and O–H groups in total. The van der Waals surface area contributed by atoms with Gasteiger partial charge in [-0.05, 0) is 18.3 Å². The number of nitrogens with two attached hydrogens (primary N) is 1. The highest BCUT2D eigenvalue weighted by molar-refractivity contribution is 7.15. The molecule has 1 aliphatic heterocycles. The zero-order valence-electron chi connectivity index (χ0n) is 13.6. The average Bonchev–Trinajstić information content (AvgIpc) is 2.88. The van der Waals surface area contributed by atoms with E-state index in [1.165, 1.54) is 16.2 Å². The molecule has 1 aliphatic rings. The van der Waals surface area contributed by atoms with Crippen LogP contribution in [0.15, 0.2) is 6.20 Å². The van der Waals surface area contributed by atoms with Gasteiger partial charge in [0.25, 0.3) is 0 Å². The molecule has 1 aromatic rings. The number of piperidine rings is 1. The summed E-state index contributed by atoms with van der Waals surface area (Å²) in [4.78, 5) is 19.6. The molecule has 0 spiro atoms. The van der Waals surface area contributed by atoms with Gasteiger partial charge in [-0.1, -0.05) is 20.8 Å². The minimum absolute atomic E-state index is 0.188. The lowest BCUT2D eigenvalue weighted by Gasteiger charge is -2.34. The molecule has 124 valence electrons. The SMILES string of the molecule is CC(C)CNC(=O)Nc1ncc(CN2CCC(N)C(C)C2)s1. The lowest BCUT2D eigenvalue weighted by atomic mass is 9.95. The van der Waals surface area contributed by atoms with Crippen LogP contribution < -0.4 is 16.4 Å². The molecule has 1 fully saturated rings. The maximum absolute atomic E-state index is 11.7. The van der Waals surface area contributed by atoms with Gasteiger partial charge in [-0.2, -0.15) is 0 Å². The molecule has 1 saturated heterocycles. The Hall–Kier alpha value is -1.18. The summed E-state index contributed by atoms with van der Waals surface area (Å²) in [6.45, 7) is 9.92. The Morgan fingerprint density at radius 3 is 3.05 bits per heavy atom. The van der Waals surface area contributed by atoms with Gasteiger partial charge in [-0.25, -0.2) is 9.78 Å². The number of anilines is 1. The highest BCUT2D eigenvalue weighted by Crippen LogP contribution is 2.22. The fourth-order valence-corrected chi connectivity index (χ4v) is 3.34. The summed E-state index contributed by atoms with van der Waals surface area (Å²) in [5.41, 5.74) is 6.05. The number of amides is 2. The quantitative estimate of drug-likeness (QED) is 0.774. The molecule has 2 rings (SSSR count). The highest BCUT2D eigenvalue weighted by atomic mass is 32.1. The van der Waals surface area contributed by atoms with Crippen molar-refractivity contribution in [1.82, 2.24) is 15.2 Å². The number of carbonyl (C=O) groups is 1. The zero-order chi connectivity index (χ0) is 16.1. The maximum Gasteiger partial charge on any atom is 0.321 e. The normalized spacial score (nSPS) is 22.8. The van der Waals surface area contributed by atoms with Crippen LogP contribution in [0.4, 0.5) is 9.93 Å². The summed E-state index contributed by atoms with van der Waals surface area (Å²) in [5, 5.41) is 6.26. The van der Waals surface area contributed by atoms with E-state index in [4.69, 9.17) is 5.73 Å². The van der Waals surface area contributed by atoms with E-state index in [1.54, 1.807) is 0 Å². The Morgan fingerprint density at radius 2 is 2.36 bits per heavy atom. The molecule has 2 unspecified atom stereocenters. The van der Waals surface area contributed by atoms with Crippen LogP contribution in [0.25, 0.3) is 0 Å². The predicted octanol–water partition coefficient (Wildman–Crippen LogP) is 2.09. The smallest absolute Gasteiger partial charge is 0.321 e. The molecule has 0 aliphatic carbocycles. The summed E-state index contributed by atoms with van der Waals surface area (Å²) < 4.78 is 0. The van der Waals surface area contributed by atoms with E-state index in [0.717, 1.165) is 26.1 Å². The number of nitrogens with zero attached hydrogens (tertiary/aromatic N) is 2. The van der Waals surface area contributed by atoms with Crippen molar-refractivity contribution in [3.8, 4) is 0 Å². The summed E-state index contributed by atoms with van der Waals surface area (Å²) in [6.07, 6.45) is 2.89. The maximum atomic E-state index is 11.7. The summed E-state index contributed by atoms with van der Waals surface area (Å²) in [6, 6.07) is 0.131. The lowest BCUT2D eigenvalue weighted by Crippen LogP contribution is -2.45. The van der Waals surface area contributed by atoms with Crippen molar-refractivity contribution in [3.63, 3.8) is 0 Å². The Morgan fingerprint density at radius 1 is 1.59 bits per heavy atom. The number of carbonyl (C=O) groups excluding carboxylic acids is 1. The molecule has 0 bridgehead atoms. The van der Waals surface area contributed by atoms with Crippen LogP contribution in [-0.2, 0) is 6.54 Å². The molecule has 0 saturated carbocycles. The summed E-state index contributed by atoms with van der Waals surface area (Å²) in [7, 11) is 0. The van der Waals surface area contributed by atoms with Crippen LogP contribution in [0.5, 0.6) is 0 Å². The molecule has 22 heavy (non-hydrogen) atoms. The van der Waals surface area contributed by atoms with Crippen molar-refractivity contribution in [1.29, 1.82) is 0 Å². The largest absolute Gasteiger partial charge is 0.338 e. The first-order valence-electron chi connectivity index (χ1n) is 7.91. The molecule has 2 atom stereocenters. The number of hydrogen-bond donors (Lipinski definition) is 3. The van der Waals surface area contributed by atoms with E-state index < -0.39 is 0 Å². The zero-order valence-corrected chi connectivity index (χ0v) is 14.4. The van der Waals surface area contributed by atoms with Crippen molar-refractivity contribution in [2.75, 3.05) is 25.0 Å². The molecule has 2 amide bonds. The minimum atomic E-state index is -0.188. The van der Waals surface area contributed by atoms with Gasteiger partial charge in [0.1, 0.15) is 0 Å². The first-order chi connectivity index (χ1) is 10.4. The highest BCUT2D eigenvalue weighted by Gasteiger charge is 2.23. The molecule has 0 aromatic carbocycles. The lowest BCUT2D eigenvalue weighted by molar-refractivity contribution is 0.159. The van der Waals surface area contributed by atoms with Gasteiger partial charge in [-0.15, -0.1) is 11.3 Å². The number of nitrogens with one attached hydrogen (secondary N) is 2. The van der Waals surface area contributed by atoms with Crippen molar-refractivity contribution in [2.45, 2.75) is 39.8 Å². The van der Waals surface area contributed by atoms with Crippen LogP contribution in [0, 0.1) is 11.8 Å². The predicted molar refractivity (Wildman–Crippen MR) is 91.0 cm³/mol. The number of thiazole rings is 1. The van der Waals surface area contributed by atoms with Gasteiger partial charge < -0.3 is 11.1 Å². The van der Waals surface area contributed by atoms with Crippen LogP contribution in [0.3, 0.4) is 0 Å². The number of urea groups is 1. The molecule has 1 aromatic heterocycles. The van der Waals surface area contributed by atoms with E-state index >= 15 is 0 Å². The van der Waals surface area contributed by atoms with Gasteiger partial charge in [0, 0.05) is 43.3 Å². The molecule has 0 radical (unpaired) electrons. The Kier molecular flexibility index (Phi) is 6.16. The number of aromatic nitrogens is 1. The van der Waals surface area contributed by atoms with Crippen molar-refractivity contribution in [2.24, 2.45) is 17.6 Å². The van der Waals surface area contributed by atoms with Gasteiger partial charge in [0.2, 0.25) is 0 Å². The molecular weight excluding hydrogens is 298 g/mol. The monoisotopic (exact) mass is 325 g/mol. The van der Waals surface area contributed by atoms with Gasteiger partial charge in [0.05, 0.1) is 0 Å². The van der Waals surface area contributed by atoms with Crippen molar-refractivity contribution >= 4 is 22.5 Å². The third kappa shape index (κ3) is 5.23. The van der Waals surface area contributed by atoms with E-state index in [1.807, 2.05) is 6.20 Å². The van der Waals surface area contributed by atoms with Crippen molar-refractivity contribution < 1.29 is 4.79 Å². The minimum Gasteiger partial charge on any atom is -0.338 e. The second kappa shape index (κ2) is 7.89. The first-order valence-corrected chi connectivity index (χ1v) is 8.73.